The summed E-state index contributed by atoms with van der Waals surface area (Å²) < 4.78 is 5.23. The molecule has 0 amide bonds. The third-order valence-corrected chi connectivity index (χ3v) is 5.40. The molecule has 1 saturated carbocycles. The van der Waals surface area contributed by atoms with E-state index >= 15 is 0 Å². The lowest BCUT2D eigenvalue weighted by atomic mass is 9.54. The smallest absolute Gasteiger partial charge is 0.339 e. The first-order valence-corrected chi connectivity index (χ1v) is 6.91. The Hall–Kier alpha value is -1.17. The highest BCUT2D eigenvalue weighted by Gasteiger charge is 2.59. The van der Waals surface area contributed by atoms with E-state index in [1.807, 2.05) is 6.92 Å². The maximum absolute atomic E-state index is 11.7. The third kappa shape index (κ3) is 1.57. The summed E-state index contributed by atoms with van der Waals surface area (Å²) in [5.74, 6) is -0.238. The van der Waals surface area contributed by atoms with Crippen molar-refractivity contribution >= 4 is 5.97 Å². The number of fused-ring (bicyclic) bond motifs is 2. The standard InChI is InChI=1S/C15H20O5/c1-7-8-4-10-14(2,6-9(8)20-13(7)18)11(16)5-12(17)15(10,3)19/h6,10-12,16-17,19H,4-5H2,1-3H3/t10-,11+,12-,14-,15-/m0/s1. The van der Waals surface area contributed by atoms with Crippen LogP contribution in [-0.4, -0.2) is 39.1 Å². The second-order valence-corrected chi connectivity index (χ2v) is 6.62. The number of carbonyl (C=O) groups excluding carboxylic acids is 1. The first kappa shape index (κ1) is 13.8. The van der Waals surface area contributed by atoms with Crippen molar-refractivity contribution in [3.63, 3.8) is 0 Å². The van der Waals surface area contributed by atoms with Crippen LogP contribution in [0.25, 0.3) is 0 Å². The fourth-order valence-corrected chi connectivity index (χ4v) is 3.82. The normalized spacial score (nSPS) is 47.6. The van der Waals surface area contributed by atoms with Gasteiger partial charge in [-0.05, 0) is 26.3 Å². The quantitative estimate of drug-likeness (QED) is 0.567. The molecule has 20 heavy (non-hydrogen) atoms. The summed E-state index contributed by atoms with van der Waals surface area (Å²) in [4.78, 5) is 11.7. The molecule has 3 N–H and O–H groups in total. The molecule has 5 atom stereocenters. The topological polar surface area (TPSA) is 87.0 Å². The summed E-state index contributed by atoms with van der Waals surface area (Å²) in [6.45, 7) is 5.14. The first-order valence-electron chi connectivity index (χ1n) is 6.91. The highest BCUT2D eigenvalue weighted by Crippen LogP contribution is 2.55. The van der Waals surface area contributed by atoms with E-state index in [4.69, 9.17) is 4.74 Å². The number of carbonyl (C=O) groups is 1. The van der Waals surface area contributed by atoms with Crippen molar-refractivity contribution in [1.29, 1.82) is 0 Å². The van der Waals surface area contributed by atoms with Crippen molar-refractivity contribution < 1.29 is 24.9 Å². The van der Waals surface area contributed by atoms with Gasteiger partial charge in [-0.15, -0.1) is 0 Å². The highest BCUT2D eigenvalue weighted by atomic mass is 16.5. The maximum Gasteiger partial charge on any atom is 0.339 e. The van der Waals surface area contributed by atoms with Crippen LogP contribution in [0.4, 0.5) is 0 Å². The number of allylic oxidation sites excluding steroid dienone is 1. The molecule has 0 aromatic heterocycles. The van der Waals surface area contributed by atoms with Crippen LogP contribution in [-0.2, 0) is 9.53 Å². The molecule has 0 saturated heterocycles. The summed E-state index contributed by atoms with van der Waals surface area (Å²) in [5.41, 5.74) is -0.704. The first-order chi connectivity index (χ1) is 9.18. The van der Waals surface area contributed by atoms with Crippen LogP contribution in [0.3, 0.4) is 0 Å². The van der Waals surface area contributed by atoms with Crippen LogP contribution in [0, 0.1) is 11.3 Å². The van der Waals surface area contributed by atoms with E-state index in [0.717, 1.165) is 5.57 Å². The van der Waals surface area contributed by atoms with Gasteiger partial charge in [0, 0.05) is 28.9 Å². The minimum absolute atomic E-state index is 0.107. The molecule has 3 rings (SSSR count). The lowest BCUT2D eigenvalue weighted by Crippen LogP contribution is -2.62. The zero-order valence-electron chi connectivity index (χ0n) is 11.9. The van der Waals surface area contributed by atoms with Gasteiger partial charge in [-0.25, -0.2) is 4.79 Å². The Morgan fingerprint density at radius 1 is 1.30 bits per heavy atom. The molecule has 0 aromatic rings. The van der Waals surface area contributed by atoms with Gasteiger partial charge in [-0.1, -0.05) is 6.92 Å². The van der Waals surface area contributed by atoms with Gasteiger partial charge in [-0.3, -0.25) is 0 Å². The van der Waals surface area contributed by atoms with E-state index < -0.39 is 23.2 Å². The molecule has 5 heteroatoms. The molecule has 0 aromatic carbocycles. The van der Waals surface area contributed by atoms with Crippen molar-refractivity contribution in [2.24, 2.45) is 11.3 Å². The van der Waals surface area contributed by atoms with Crippen LogP contribution >= 0.6 is 0 Å². The van der Waals surface area contributed by atoms with Gasteiger partial charge >= 0.3 is 5.97 Å². The van der Waals surface area contributed by atoms with E-state index in [0.29, 0.717) is 17.8 Å². The van der Waals surface area contributed by atoms with Crippen LogP contribution in [0.5, 0.6) is 0 Å². The molecule has 5 nitrogen and oxygen atoms in total. The lowest BCUT2D eigenvalue weighted by molar-refractivity contribution is -0.194. The van der Waals surface area contributed by atoms with Crippen LogP contribution in [0.2, 0.25) is 0 Å². The summed E-state index contributed by atoms with van der Waals surface area (Å²) in [6, 6.07) is 0. The molecule has 1 heterocycles. The molecule has 0 bridgehead atoms. The van der Waals surface area contributed by atoms with E-state index in [1.54, 1.807) is 19.9 Å². The van der Waals surface area contributed by atoms with E-state index in [2.05, 4.69) is 0 Å². The number of aliphatic hydroxyl groups is 3. The number of ether oxygens (including phenoxy) is 1. The van der Waals surface area contributed by atoms with Gasteiger partial charge in [0.25, 0.3) is 0 Å². The highest BCUT2D eigenvalue weighted by molar-refractivity contribution is 5.94. The molecule has 2 aliphatic carbocycles. The Balaban J connectivity index is 2.14. The van der Waals surface area contributed by atoms with Gasteiger partial charge in [0.2, 0.25) is 0 Å². The van der Waals surface area contributed by atoms with E-state index in [1.165, 1.54) is 0 Å². The second-order valence-electron chi connectivity index (χ2n) is 6.62. The lowest BCUT2D eigenvalue weighted by Gasteiger charge is -2.54. The number of rotatable bonds is 0. The molecular formula is C15H20O5. The van der Waals surface area contributed by atoms with Crippen molar-refractivity contribution in [1.82, 2.24) is 0 Å². The Morgan fingerprint density at radius 3 is 2.60 bits per heavy atom. The van der Waals surface area contributed by atoms with Crippen molar-refractivity contribution in [2.45, 2.75) is 51.4 Å². The van der Waals surface area contributed by atoms with Gasteiger partial charge in [-0.2, -0.15) is 0 Å². The maximum atomic E-state index is 11.7. The molecule has 1 aliphatic heterocycles. The van der Waals surface area contributed by atoms with Crippen LogP contribution in [0.15, 0.2) is 23.0 Å². The van der Waals surface area contributed by atoms with Crippen molar-refractivity contribution in [3.8, 4) is 0 Å². The predicted molar refractivity (Wildman–Crippen MR) is 70.3 cm³/mol. The van der Waals surface area contributed by atoms with Crippen molar-refractivity contribution in [2.75, 3.05) is 0 Å². The summed E-state index contributed by atoms with van der Waals surface area (Å²) in [6.07, 6.45) is 0.507. The number of hydrogen-bond donors (Lipinski definition) is 3. The SMILES string of the molecule is CC1=C2C[C@@H]3[C@](C)(O)[C@@H](O)C[C@@H](O)[C@@]3(C)C=C2OC1=O. The van der Waals surface area contributed by atoms with Gasteiger partial charge < -0.3 is 20.1 Å². The largest absolute Gasteiger partial charge is 0.423 e. The summed E-state index contributed by atoms with van der Waals surface area (Å²) >= 11 is 0. The minimum Gasteiger partial charge on any atom is -0.423 e. The Bertz CT molecular complexity index is 544. The molecule has 110 valence electrons. The van der Waals surface area contributed by atoms with E-state index in [-0.39, 0.29) is 18.3 Å². The predicted octanol–water partition coefficient (Wildman–Crippen LogP) is 0.646. The van der Waals surface area contributed by atoms with Gasteiger partial charge in [0.15, 0.2) is 0 Å². The van der Waals surface area contributed by atoms with E-state index in [9.17, 15) is 20.1 Å². The number of esters is 1. The molecule has 0 unspecified atom stereocenters. The summed E-state index contributed by atoms with van der Waals surface area (Å²) in [7, 11) is 0. The zero-order valence-corrected chi connectivity index (χ0v) is 11.9. The minimum atomic E-state index is -1.31. The third-order valence-electron chi connectivity index (χ3n) is 5.40. The van der Waals surface area contributed by atoms with Crippen LogP contribution in [0.1, 0.15) is 33.6 Å². The second kappa shape index (κ2) is 3.93. The Kier molecular flexibility index (Phi) is 2.71. The van der Waals surface area contributed by atoms with Gasteiger partial charge in [0.1, 0.15) is 5.76 Å². The average Bonchev–Trinajstić information content (AvgIpc) is 2.61. The summed E-state index contributed by atoms with van der Waals surface area (Å²) in [5, 5.41) is 31.1. The number of hydrogen-bond acceptors (Lipinski definition) is 5. The monoisotopic (exact) mass is 280 g/mol. The number of aliphatic hydroxyl groups excluding tert-OH is 2. The van der Waals surface area contributed by atoms with Crippen LogP contribution < -0.4 is 0 Å². The zero-order chi connectivity index (χ0) is 14.9. The average molecular weight is 280 g/mol. The molecule has 0 radical (unpaired) electrons. The van der Waals surface area contributed by atoms with Gasteiger partial charge in [0.05, 0.1) is 17.8 Å². The fourth-order valence-electron chi connectivity index (χ4n) is 3.82. The fraction of sp³-hybridized carbons (Fsp3) is 0.667. The molecule has 0 spiro atoms. The Morgan fingerprint density at radius 2 is 1.95 bits per heavy atom. The van der Waals surface area contributed by atoms with Crippen molar-refractivity contribution in [3.05, 3.63) is 23.0 Å². The Labute approximate surface area is 117 Å². The molecule has 3 aliphatic rings. The molecular weight excluding hydrogens is 260 g/mol. The molecule has 1 fully saturated rings.